The Morgan fingerprint density at radius 2 is 2.00 bits per heavy atom. The number of esters is 1. The molecule has 0 spiro atoms. The number of methoxy groups -OCH3 is 1. The molecular weight excluding hydrogens is 192 g/mol. The van der Waals surface area contributed by atoms with E-state index in [1.165, 1.54) is 19.6 Å². The summed E-state index contributed by atoms with van der Waals surface area (Å²) >= 11 is 0. The van der Waals surface area contributed by atoms with Crippen LogP contribution in [0.4, 0.5) is 0 Å². The Morgan fingerprint density at radius 1 is 1.33 bits per heavy atom. The predicted octanol–water partition coefficient (Wildman–Crippen LogP) is 2.26. The van der Waals surface area contributed by atoms with E-state index < -0.39 is 0 Å². The number of hydrogen-bond acceptors (Lipinski definition) is 3. The first-order valence-electron chi connectivity index (χ1n) is 5.43. The fourth-order valence-electron chi connectivity index (χ4n) is 2.17. The van der Waals surface area contributed by atoms with E-state index in [4.69, 9.17) is 0 Å². The minimum atomic E-state index is -0.342. The first kappa shape index (κ1) is 12.0. The molecule has 3 heteroatoms. The number of carbonyl (C=O) groups excluding carboxylic acids is 2. The molecule has 1 rings (SSSR count). The first-order chi connectivity index (χ1) is 7.22. The summed E-state index contributed by atoms with van der Waals surface area (Å²) in [6.45, 7) is 0. The Morgan fingerprint density at radius 3 is 2.53 bits per heavy atom. The van der Waals surface area contributed by atoms with Crippen LogP contribution in [0, 0.1) is 5.41 Å². The largest absolute Gasteiger partial charge is 0.466 e. The maximum absolute atomic E-state index is 11.0. The second-order valence-electron chi connectivity index (χ2n) is 4.15. The van der Waals surface area contributed by atoms with Crippen molar-refractivity contribution in [2.75, 3.05) is 7.11 Å². The summed E-state index contributed by atoms with van der Waals surface area (Å²) in [4.78, 5) is 21.6. The van der Waals surface area contributed by atoms with Crippen LogP contribution >= 0.6 is 0 Å². The number of ether oxygens (including phenoxy) is 1. The molecular formula is C12H18O3. The third kappa shape index (κ3) is 3.50. The molecule has 0 radical (unpaired) electrons. The lowest BCUT2D eigenvalue weighted by Crippen LogP contribution is -2.22. The van der Waals surface area contributed by atoms with Crippen molar-refractivity contribution in [1.82, 2.24) is 0 Å². The number of hydrogen-bond donors (Lipinski definition) is 0. The lowest BCUT2D eigenvalue weighted by atomic mass is 9.72. The van der Waals surface area contributed by atoms with E-state index in [0.29, 0.717) is 6.42 Å². The number of carbonyl (C=O) groups is 2. The third-order valence-corrected chi connectivity index (χ3v) is 3.11. The molecule has 1 saturated carbocycles. The van der Waals surface area contributed by atoms with E-state index in [0.717, 1.165) is 32.0 Å². The van der Waals surface area contributed by atoms with Crippen molar-refractivity contribution in [3.8, 4) is 0 Å². The molecule has 15 heavy (non-hydrogen) atoms. The monoisotopic (exact) mass is 210 g/mol. The molecule has 0 aromatic rings. The molecule has 0 aromatic carbocycles. The summed E-state index contributed by atoms with van der Waals surface area (Å²) in [7, 11) is 1.36. The fraction of sp³-hybridized carbons (Fsp3) is 0.667. The first-order valence-corrected chi connectivity index (χ1v) is 5.43. The summed E-state index contributed by atoms with van der Waals surface area (Å²) in [6, 6.07) is 0. The van der Waals surface area contributed by atoms with E-state index in [-0.39, 0.29) is 11.4 Å². The van der Waals surface area contributed by atoms with Gasteiger partial charge in [0.05, 0.1) is 7.11 Å². The molecule has 0 aliphatic heterocycles. The average molecular weight is 210 g/mol. The zero-order valence-electron chi connectivity index (χ0n) is 9.20. The van der Waals surface area contributed by atoms with Crippen LogP contribution in [0.1, 0.15) is 38.5 Å². The van der Waals surface area contributed by atoms with Gasteiger partial charge in [-0.2, -0.15) is 0 Å². The molecule has 1 fully saturated rings. The normalized spacial score (nSPS) is 20.1. The second kappa shape index (κ2) is 5.69. The number of rotatable bonds is 4. The lowest BCUT2D eigenvalue weighted by molar-refractivity contribution is -0.135. The van der Waals surface area contributed by atoms with Gasteiger partial charge in [-0.25, -0.2) is 4.79 Å². The van der Waals surface area contributed by atoms with Crippen molar-refractivity contribution in [1.29, 1.82) is 0 Å². The van der Waals surface area contributed by atoms with Gasteiger partial charge in [0, 0.05) is 12.5 Å². The van der Waals surface area contributed by atoms with Crippen LogP contribution in [0.25, 0.3) is 0 Å². The van der Waals surface area contributed by atoms with Crippen LogP contribution < -0.4 is 0 Å². The summed E-state index contributed by atoms with van der Waals surface area (Å²) in [5.74, 6) is -0.342. The van der Waals surface area contributed by atoms with Crippen molar-refractivity contribution >= 4 is 12.3 Å². The van der Waals surface area contributed by atoms with Gasteiger partial charge in [-0.15, -0.1) is 0 Å². The molecule has 0 heterocycles. The van der Waals surface area contributed by atoms with Crippen molar-refractivity contribution in [2.24, 2.45) is 5.41 Å². The fourth-order valence-corrected chi connectivity index (χ4v) is 2.17. The van der Waals surface area contributed by atoms with E-state index in [1.807, 2.05) is 6.08 Å². The van der Waals surface area contributed by atoms with Gasteiger partial charge >= 0.3 is 5.97 Å². The smallest absolute Gasteiger partial charge is 0.330 e. The summed E-state index contributed by atoms with van der Waals surface area (Å²) in [5.41, 5.74) is -0.0891. The molecule has 0 N–H and O–H groups in total. The topological polar surface area (TPSA) is 43.4 Å². The quantitative estimate of drug-likeness (QED) is 0.406. The van der Waals surface area contributed by atoms with Crippen molar-refractivity contribution in [3.63, 3.8) is 0 Å². The Labute approximate surface area is 90.5 Å². The zero-order valence-corrected chi connectivity index (χ0v) is 9.20. The molecule has 1 aliphatic rings. The van der Waals surface area contributed by atoms with Crippen molar-refractivity contribution in [2.45, 2.75) is 38.5 Å². The van der Waals surface area contributed by atoms with Gasteiger partial charge < -0.3 is 9.53 Å². The summed E-state index contributed by atoms with van der Waals surface area (Å²) in [5, 5.41) is 0. The Hall–Kier alpha value is -1.12. The average Bonchev–Trinajstić information content (AvgIpc) is 2.28. The van der Waals surface area contributed by atoms with Crippen LogP contribution in [0.15, 0.2) is 12.2 Å². The standard InChI is InChI=1S/C12H18O3/c1-15-11(14)5-8-12(9-10-13)6-3-2-4-7-12/h5,8,10H,2-4,6-7,9H2,1H3/b8-5-. The molecule has 0 atom stereocenters. The lowest BCUT2D eigenvalue weighted by Gasteiger charge is -2.32. The Balaban J connectivity index is 2.67. The van der Waals surface area contributed by atoms with Crippen molar-refractivity contribution < 1.29 is 14.3 Å². The summed E-state index contributed by atoms with van der Waals surface area (Å²) in [6.07, 6.45) is 10.3. The molecule has 0 amide bonds. The maximum atomic E-state index is 11.0. The number of allylic oxidation sites excluding steroid dienone is 1. The van der Waals surface area contributed by atoms with E-state index in [1.54, 1.807) is 0 Å². The van der Waals surface area contributed by atoms with Gasteiger partial charge in [-0.05, 0) is 18.3 Å². The molecule has 0 saturated heterocycles. The van der Waals surface area contributed by atoms with Crippen LogP contribution in [0.3, 0.4) is 0 Å². The maximum Gasteiger partial charge on any atom is 0.330 e. The van der Waals surface area contributed by atoms with Gasteiger partial charge in [0.1, 0.15) is 6.29 Å². The molecule has 0 aromatic heterocycles. The van der Waals surface area contributed by atoms with E-state index in [9.17, 15) is 9.59 Å². The molecule has 0 unspecified atom stereocenters. The van der Waals surface area contributed by atoms with Crippen LogP contribution in [-0.4, -0.2) is 19.4 Å². The Kier molecular flexibility index (Phi) is 4.53. The van der Waals surface area contributed by atoms with Gasteiger partial charge in [0.15, 0.2) is 0 Å². The highest BCUT2D eigenvalue weighted by Crippen LogP contribution is 2.39. The predicted molar refractivity (Wildman–Crippen MR) is 57.4 cm³/mol. The summed E-state index contributed by atoms with van der Waals surface area (Å²) < 4.78 is 4.55. The number of aldehydes is 1. The van der Waals surface area contributed by atoms with Crippen LogP contribution in [-0.2, 0) is 14.3 Å². The second-order valence-corrected chi connectivity index (χ2v) is 4.15. The highest BCUT2D eigenvalue weighted by atomic mass is 16.5. The minimum Gasteiger partial charge on any atom is -0.466 e. The van der Waals surface area contributed by atoms with Gasteiger partial charge in [0.25, 0.3) is 0 Å². The zero-order chi connectivity index (χ0) is 11.1. The van der Waals surface area contributed by atoms with Crippen LogP contribution in [0.2, 0.25) is 0 Å². The van der Waals surface area contributed by atoms with E-state index in [2.05, 4.69) is 4.74 Å². The molecule has 1 aliphatic carbocycles. The molecule has 3 nitrogen and oxygen atoms in total. The highest BCUT2D eigenvalue weighted by Gasteiger charge is 2.28. The third-order valence-electron chi connectivity index (χ3n) is 3.11. The molecule has 84 valence electrons. The van der Waals surface area contributed by atoms with Gasteiger partial charge in [-0.3, -0.25) is 0 Å². The van der Waals surface area contributed by atoms with Crippen LogP contribution in [0.5, 0.6) is 0 Å². The van der Waals surface area contributed by atoms with E-state index >= 15 is 0 Å². The van der Waals surface area contributed by atoms with Gasteiger partial charge in [-0.1, -0.05) is 25.3 Å². The molecule has 0 bridgehead atoms. The van der Waals surface area contributed by atoms with Gasteiger partial charge in [0.2, 0.25) is 0 Å². The Bertz CT molecular complexity index is 250. The minimum absolute atomic E-state index is 0.0891. The van der Waals surface area contributed by atoms with Crippen molar-refractivity contribution in [3.05, 3.63) is 12.2 Å². The highest BCUT2D eigenvalue weighted by molar-refractivity contribution is 5.81. The SMILES string of the molecule is COC(=O)/C=C\C1(CC=O)CCCCC1.